The zero-order chi connectivity index (χ0) is 15.2. The van der Waals surface area contributed by atoms with Gasteiger partial charge in [0.05, 0.1) is 7.11 Å². The molecule has 0 aliphatic carbocycles. The van der Waals surface area contributed by atoms with Crippen LogP contribution in [0.3, 0.4) is 0 Å². The lowest BCUT2D eigenvalue weighted by molar-refractivity contribution is 0.386. The molecule has 2 aromatic carbocycles. The van der Waals surface area contributed by atoms with E-state index in [1.54, 1.807) is 12.1 Å². The molecule has 0 amide bonds. The molecule has 0 aliphatic rings. The normalized spacial score (nSPS) is 12.2. The van der Waals surface area contributed by atoms with Crippen molar-refractivity contribution in [3.05, 3.63) is 65.0 Å². The van der Waals surface area contributed by atoms with E-state index < -0.39 is 0 Å². The van der Waals surface area contributed by atoms with Gasteiger partial charge in [0.2, 0.25) is 0 Å². The first-order valence-electron chi connectivity index (χ1n) is 7.26. The fourth-order valence-corrected chi connectivity index (χ4v) is 2.43. The lowest BCUT2D eigenvalue weighted by atomic mass is 9.98. The molecule has 0 radical (unpaired) electrons. The SMILES string of the molecule is CCNC(Cc1ccc(OC)c(F)c1)c1ccc(C)cc1. The van der Waals surface area contributed by atoms with Crippen LogP contribution in [0, 0.1) is 12.7 Å². The predicted octanol–water partition coefficient (Wildman–Crippen LogP) is 4.04. The molecule has 0 aliphatic heterocycles. The van der Waals surface area contributed by atoms with Crippen LogP contribution in [-0.2, 0) is 6.42 Å². The Balaban J connectivity index is 2.19. The fraction of sp³-hybridized carbons (Fsp3) is 0.333. The summed E-state index contributed by atoms with van der Waals surface area (Å²) >= 11 is 0. The number of hydrogen-bond acceptors (Lipinski definition) is 2. The van der Waals surface area contributed by atoms with Gasteiger partial charge in [-0.1, -0.05) is 42.8 Å². The minimum absolute atomic E-state index is 0.184. The van der Waals surface area contributed by atoms with Crippen molar-refractivity contribution in [1.82, 2.24) is 5.32 Å². The van der Waals surface area contributed by atoms with Crippen LogP contribution in [0.5, 0.6) is 5.75 Å². The number of halogens is 1. The molecule has 0 spiro atoms. The molecule has 1 atom stereocenters. The van der Waals surface area contributed by atoms with Crippen LogP contribution in [0.2, 0.25) is 0 Å². The van der Waals surface area contributed by atoms with Gasteiger partial charge in [0.1, 0.15) is 0 Å². The van der Waals surface area contributed by atoms with Crippen molar-refractivity contribution in [3.63, 3.8) is 0 Å². The predicted molar refractivity (Wildman–Crippen MR) is 84.3 cm³/mol. The molecule has 2 nitrogen and oxygen atoms in total. The summed E-state index contributed by atoms with van der Waals surface area (Å²) in [6.07, 6.45) is 0.748. The molecule has 0 bridgehead atoms. The molecule has 0 saturated carbocycles. The monoisotopic (exact) mass is 287 g/mol. The van der Waals surface area contributed by atoms with E-state index in [9.17, 15) is 4.39 Å². The van der Waals surface area contributed by atoms with E-state index in [0.717, 1.165) is 18.5 Å². The quantitative estimate of drug-likeness (QED) is 0.866. The number of nitrogens with one attached hydrogen (secondary N) is 1. The molecule has 0 aromatic heterocycles. The Morgan fingerprint density at radius 2 is 1.86 bits per heavy atom. The summed E-state index contributed by atoms with van der Waals surface area (Å²) in [4.78, 5) is 0. The van der Waals surface area contributed by atoms with Crippen LogP contribution in [0.25, 0.3) is 0 Å². The average molecular weight is 287 g/mol. The zero-order valence-corrected chi connectivity index (χ0v) is 12.8. The summed E-state index contributed by atoms with van der Waals surface area (Å²) < 4.78 is 18.8. The highest BCUT2D eigenvalue weighted by Gasteiger charge is 2.12. The lowest BCUT2D eigenvalue weighted by Gasteiger charge is -2.19. The minimum atomic E-state index is -0.311. The molecule has 3 heteroatoms. The number of ether oxygens (including phenoxy) is 1. The van der Waals surface area contributed by atoms with E-state index in [0.29, 0.717) is 0 Å². The van der Waals surface area contributed by atoms with E-state index in [-0.39, 0.29) is 17.6 Å². The van der Waals surface area contributed by atoms with Crippen molar-refractivity contribution in [3.8, 4) is 5.75 Å². The zero-order valence-electron chi connectivity index (χ0n) is 12.8. The van der Waals surface area contributed by atoms with Crippen LogP contribution < -0.4 is 10.1 Å². The average Bonchev–Trinajstić information content (AvgIpc) is 2.48. The summed E-state index contributed by atoms with van der Waals surface area (Å²) in [7, 11) is 1.48. The van der Waals surface area contributed by atoms with E-state index in [2.05, 4.69) is 43.4 Å². The van der Waals surface area contributed by atoms with Gasteiger partial charge in [0.15, 0.2) is 11.6 Å². The highest BCUT2D eigenvalue weighted by molar-refractivity contribution is 5.31. The maximum Gasteiger partial charge on any atom is 0.165 e. The van der Waals surface area contributed by atoms with Crippen LogP contribution in [0.15, 0.2) is 42.5 Å². The summed E-state index contributed by atoms with van der Waals surface area (Å²) in [5.41, 5.74) is 3.42. The van der Waals surface area contributed by atoms with Gasteiger partial charge in [-0.25, -0.2) is 4.39 Å². The second-order valence-corrected chi connectivity index (χ2v) is 5.19. The minimum Gasteiger partial charge on any atom is -0.494 e. The standard InChI is InChI=1S/C18H22FNO/c1-4-20-17(15-8-5-13(2)6-9-15)12-14-7-10-18(21-3)16(19)11-14/h5-11,17,20H,4,12H2,1-3H3. The van der Waals surface area contributed by atoms with Crippen molar-refractivity contribution in [2.75, 3.05) is 13.7 Å². The second-order valence-electron chi connectivity index (χ2n) is 5.19. The molecule has 2 rings (SSSR count). The van der Waals surface area contributed by atoms with E-state index >= 15 is 0 Å². The van der Waals surface area contributed by atoms with E-state index in [4.69, 9.17) is 4.74 Å². The Bertz CT molecular complexity index is 580. The molecular weight excluding hydrogens is 265 g/mol. The smallest absolute Gasteiger partial charge is 0.165 e. The van der Waals surface area contributed by atoms with Gasteiger partial charge >= 0.3 is 0 Å². The lowest BCUT2D eigenvalue weighted by Crippen LogP contribution is -2.23. The summed E-state index contributed by atoms with van der Waals surface area (Å²) in [6, 6.07) is 13.8. The Kier molecular flexibility index (Phi) is 5.34. The number of benzene rings is 2. The van der Waals surface area contributed by atoms with Gasteiger partial charge in [0.25, 0.3) is 0 Å². The molecule has 2 aromatic rings. The molecule has 1 N–H and O–H groups in total. The van der Waals surface area contributed by atoms with Crippen molar-refractivity contribution >= 4 is 0 Å². The number of methoxy groups -OCH3 is 1. The topological polar surface area (TPSA) is 21.3 Å². The summed E-state index contributed by atoms with van der Waals surface area (Å²) in [5, 5.41) is 3.46. The molecular formula is C18H22FNO. The summed E-state index contributed by atoms with van der Waals surface area (Å²) in [5.74, 6) is -0.0248. The third kappa shape index (κ3) is 4.05. The Morgan fingerprint density at radius 1 is 1.14 bits per heavy atom. The van der Waals surface area contributed by atoms with Crippen molar-refractivity contribution in [2.45, 2.75) is 26.3 Å². The number of rotatable bonds is 6. The van der Waals surface area contributed by atoms with Crippen LogP contribution in [-0.4, -0.2) is 13.7 Å². The highest BCUT2D eigenvalue weighted by Crippen LogP contribution is 2.23. The Labute approximate surface area is 126 Å². The summed E-state index contributed by atoms with van der Waals surface area (Å²) in [6.45, 7) is 5.03. The van der Waals surface area contributed by atoms with E-state index in [1.165, 1.54) is 18.2 Å². The van der Waals surface area contributed by atoms with Gasteiger partial charge in [-0.2, -0.15) is 0 Å². The highest BCUT2D eigenvalue weighted by atomic mass is 19.1. The van der Waals surface area contributed by atoms with E-state index in [1.807, 2.05) is 6.07 Å². The largest absolute Gasteiger partial charge is 0.494 e. The number of aryl methyl sites for hydroxylation is 1. The molecule has 0 saturated heterocycles. The molecule has 1 unspecified atom stereocenters. The van der Waals surface area contributed by atoms with Crippen molar-refractivity contribution in [2.24, 2.45) is 0 Å². The molecule has 21 heavy (non-hydrogen) atoms. The second kappa shape index (κ2) is 7.23. The molecule has 112 valence electrons. The van der Waals surface area contributed by atoms with Crippen LogP contribution in [0.1, 0.15) is 29.7 Å². The van der Waals surface area contributed by atoms with Gasteiger partial charge in [-0.05, 0) is 43.1 Å². The first-order chi connectivity index (χ1) is 10.1. The van der Waals surface area contributed by atoms with Gasteiger partial charge in [-0.15, -0.1) is 0 Å². The first-order valence-corrected chi connectivity index (χ1v) is 7.26. The third-order valence-electron chi connectivity index (χ3n) is 3.59. The maximum atomic E-state index is 13.8. The van der Waals surface area contributed by atoms with Crippen molar-refractivity contribution in [1.29, 1.82) is 0 Å². The third-order valence-corrected chi connectivity index (χ3v) is 3.59. The molecule has 0 fully saturated rings. The van der Waals surface area contributed by atoms with Gasteiger partial charge in [-0.3, -0.25) is 0 Å². The van der Waals surface area contributed by atoms with Crippen LogP contribution in [0.4, 0.5) is 4.39 Å². The number of hydrogen-bond donors (Lipinski definition) is 1. The molecule has 0 heterocycles. The Hall–Kier alpha value is -1.87. The van der Waals surface area contributed by atoms with Gasteiger partial charge < -0.3 is 10.1 Å². The first kappa shape index (κ1) is 15.5. The number of likely N-dealkylation sites (N-methyl/N-ethyl adjacent to an activating group) is 1. The van der Waals surface area contributed by atoms with Crippen LogP contribution >= 0.6 is 0 Å². The fourth-order valence-electron chi connectivity index (χ4n) is 2.43. The van der Waals surface area contributed by atoms with Crippen molar-refractivity contribution < 1.29 is 9.13 Å². The maximum absolute atomic E-state index is 13.8. The van der Waals surface area contributed by atoms with Gasteiger partial charge in [0, 0.05) is 6.04 Å². The Morgan fingerprint density at radius 3 is 2.43 bits per heavy atom.